The Bertz CT molecular complexity index is 382. The minimum atomic E-state index is -4.14. The van der Waals surface area contributed by atoms with Crippen molar-refractivity contribution >= 4 is 37.0 Å². The summed E-state index contributed by atoms with van der Waals surface area (Å²) in [7, 11) is -4.14. The molecule has 1 rings (SSSR count). The number of nitrogens with zero attached hydrogens (tertiary/aromatic N) is 1. The van der Waals surface area contributed by atoms with Gasteiger partial charge in [-0.25, -0.2) is 0 Å². The van der Waals surface area contributed by atoms with Crippen LogP contribution in [0.25, 0.3) is 6.20 Å². The second kappa shape index (κ2) is 4.51. The van der Waals surface area contributed by atoms with E-state index in [4.69, 9.17) is 33.0 Å². The first-order valence-electron chi connectivity index (χ1n) is 3.59. The monoisotopic (exact) mass is 255 g/mol. The van der Waals surface area contributed by atoms with Gasteiger partial charge in [-0.05, 0) is 12.1 Å². The van der Waals surface area contributed by atoms with E-state index in [2.05, 4.69) is 0 Å². The Kier molecular flexibility index (Phi) is 3.81. The first-order valence-corrected chi connectivity index (χ1v) is 6.15. The number of aromatic nitrogens is 1. The Morgan fingerprint density at radius 2 is 2.14 bits per heavy atom. The molecule has 0 aromatic carbocycles. The molecule has 0 bridgehead atoms. The maximum absolute atomic E-state index is 10.5. The standard InChI is InChI=1S/C7H8Cl2NO3P/c8-7(9)6-2-1-3-10(6)4-5-14(11,12)13/h1-5,7H,(H2,11,12,13)/b5-4+. The molecule has 0 aliphatic rings. The van der Waals surface area contributed by atoms with Crippen LogP contribution in [0.4, 0.5) is 0 Å². The van der Waals surface area contributed by atoms with Gasteiger partial charge < -0.3 is 14.4 Å². The van der Waals surface area contributed by atoms with Gasteiger partial charge in [-0.2, -0.15) is 0 Å². The first kappa shape index (κ1) is 11.8. The van der Waals surface area contributed by atoms with Crippen molar-refractivity contribution in [3.8, 4) is 0 Å². The van der Waals surface area contributed by atoms with Gasteiger partial charge in [0.25, 0.3) is 0 Å². The molecule has 0 atom stereocenters. The van der Waals surface area contributed by atoms with Crippen molar-refractivity contribution in [3.05, 3.63) is 29.8 Å². The Hall–Kier alpha value is -0.250. The SMILES string of the molecule is O=P(O)(O)/C=C/n1cccc1C(Cl)Cl. The third-order valence-electron chi connectivity index (χ3n) is 1.46. The van der Waals surface area contributed by atoms with E-state index in [1.807, 2.05) is 0 Å². The lowest BCUT2D eigenvalue weighted by Crippen LogP contribution is -1.91. The molecule has 0 unspecified atom stereocenters. The topological polar surface area (TPSA) is 62.5 Å². The Morgan fingerprint density at radius 1 is 1.50 bits per heavy atom. The number of hydrogen-bond acceptors (Lipinski definition) is 1. The lowest BCUT2D eigenvalue weighted by atomic mass is 10.5. The lowest BCUT2D eigenvalue weighted by Gasteiger charge is -2.04. The van der Waals surface area contributed by atoms with E-state index >= 15 is 0 Å². The van der Waals surface area contributed by atoms with Gasteiger partial charge in [0.15, 0.2) is 0 Å². The van der Waals surface area contributed by atoms with Gasteiger partial charge in [0.1, 0.15) is 4.84 Å². The maximum atomic E-state index is 10.5. The number of hydrogen-bond donors (Lipinski definition) is 2. The molecule has 2 N–H and O–H groups in total. The summed E-state index contributed by atoms with van der Waals surface area (Å²) >= 11 is 11.2. The van der Waals surface area contributed by atoms with Crippen LogP contribution in [0.5, 0.6) is 0 Å². The van der Waals surface area contributed by atoms with Gasteiger partial charge in [-0.3, -0.25) is 4.57 Å². The van der Waals surface area contributed by atoms with Crippen LogP contribution >= 0.6 is 30.8 Å². The summed E-state index contributed by atoms with van der Waals surface area (Å²) in [6, 6.07) is 3.34. The minimum absolute atomic E-state index is 0.554. The van der Waals surface area contributed by atoms with Crippen LogP contribution in [0, 0.1) is 0 Å². The van der Waals surface area contributed by atoms with Crippen LogP contribution in [-0.2, 0) is 4.57 Å². The van der Waals surface area contributed by atoms with E-state index in [-0.39, 0.29) is 0 Å². The van der Waals surface area contributed by atoms with Crippen molar-refractivity contribution in [3.63, 3.8) is 0 Å². The quantitative estimate of drug-likeness (QED) is 0.645. The normalized spacial score (nSPS) is 12.9. The van der Waals surface area contributed by atoms with Gasteiger partial charge in [-0.15, -0.1) is 0 Å². The van der Waals surface area contributed by atoms with Gasteiger partial charge in [0, 0.05) is 18.2 Å². The van der Waals surface area contributed by atoms with E-state index in [9.17, 15) is 4.57 Å². The smallest absolute Gasteiger partial charge is 0.325 e. The van der Waals surface area contributed by atoms with Crippen molar-refractivity contribution in [1.82, 2.24) is 4.57 Å². The molecular formula is C7H8Cl2NO3P. The summed E-state index contributed by atoms with van der Waals surface area (Å²) in [6.07, 6.45) is 2.83. The second-order valence-corrected chi connectivity index (χ2v) is 5.10. The molecule has 14 heavy (non-hydrogen) atoms. The third kappa shape index (κ3) is 3.48. The van der Waals surface area contributed by atoms with Gasteiger partial charge in [0.05, 0.1) is 5.69 Å². The van der Waals surface area contributed by atoms with Crippen molar-refractivity contribution in [2.75, 3.05) is 0 Å². The van der Waals surface area contributed by atoms with Crippen molar-refractivity contribution in [2.24, 2.45) is 0 Å². The molecule has 0 spiro atoms. The van der Waals surface area contributed by atoms with Crippen molar-refractivity contribution < 1.29 is 14.4 Å². The average molecular weight is 256 g/mol. The third-order valence-corrected chi connectivity index (χ3v) is 2.43. The molecular weight excluding hydrogens is 248 g/mol. The Morgan fingerprint density at radius 3 is 2.64 bits per heavy atom. The van der Waals surface area contributed by atoms with E-state index in [1.165, 1.54) is 10.8 Å². The molecule has 0 saturated carbocycles. The fraction of sp³-hybridized carbons (Fsp3) is 0.143. The molecule has 0 fully saturated rings. The molecule has 0 radical (unpaired) electrons. The lowest BCUT2D eigenvalue weighted by molar-refractivity contribution is 0.386. The maximum Gasteiger partial charge on any atom is 0.350 e. The summed E-state index contributed by atoms with van der Waals surface area (Å²) in [5.74, 6) is 0.784. The van der Waals surface area contributed by atoms with E-state index < -0.39 is 12.4 Å². The molecule has 1 aromatic heterocycles. The van der Waals surface area contributed by atoms with Crippen LogP contribution in [-0.4, -0.2) is 14.4 Å². The highest BCUT2D eigenvalue weighted by Crippen LogP contribution is 2.36. The zero-order valence-electron chi connectivity index (χ0n) is 6.92. The van der Waals surface area contributed by atoms with Crippen molar-refractivity contribution in [2.45, 2.75) is 4.84 Å². The summed E-state index contributed by atoms with van der Waals surface area (Å²) in [5, 5.41) is 0. The largest absolute Gasteiger partial charge is 0.350 e. The zero-order chi connectivity index (χ0) is 10.8. The Labute approximate surface area is 90.9 Å². The van der Waals surface area contributed by atoms with Crippen LogP contribution in [0.2, 0.25) is 0 Å². The molecule has 1 heterocycles. The average Bonchev–Trinajstić information content (AvgIpc) is 2.46. The molecule has 7 heteroatoms. The molecule has 0 amide bonds. The van der Waals surface area contributed by atoms with Crippen molar-refractivity contribution in [1.29, 1.82) is 0 Å². The van der Waals surface area contributed by atoms with E-state index in [0.29, 0.717) is 5.69 Å². The predicted molar refractivity (Wildman–Crippen MR) is 56.3 cm³/mol. The zero-order valence-corrected chi connectivity index (χ0v) is 9.32. The number of rotatable bonds is 3. The molecule has 0 saturated heterocycles. The van der Waals surface area contributed by atoms with Crippen LogP contribution in [0.3, 0.4) is 0 Å². The molecule has 0 aliphatic carbocycles. The minimum Gasteiger partial charge on any atom is -0.325 e. The fourth-order valence-corrected chi connectivity index (χ4v) is 1.57. The number of halogens is 2. The first-order chi connectivity index (χ1) is 6.40. The number of alkyl halides is 2. The molecule has 1 aromatic rings. The highest BCUT2D eigenvalue weighted by atomic mass is 35.5. The van der Waals surface area contributed by atoms with Gasteiger partial charge in [-0.1, -0.05) is 23.2 Å². The van der Waals surface area contributed by atoms with E-state index in [0.717, 1.165) is 5.82 Å². The van der Waals surface area contributed by atoms with Crippen LogP contribution in [0.1, 0.15) is 10.5 Å². The molecule has 0 aliphatic heterocycles. The van der Waals surface area contributed by atoms with Gasteiger partial charge in [0.2, 0.25) is 0 Å². The predicted octanol–water partition coefficient (Wildman–Crippen LogP) is 2.57. The van der Waals surface area contributed by atoms with Crippen LogP contribution < -0.4 is 0 Å². The van der Waals surface area contributed by atoms with Crippen LogP contribution in [0.15, 0.2) is 24.1 Å². The second-order valence-electron chi connectivity index (χ2n) is 2.53. The Balaban J connectivity index is 2.92. The summed E-state index contributed by atoms with van der Waals surface area (Å²) < 4.78 is 12.0. The molecule has 4 nitrogen and oxygen atoms in total. The summed E-state index contributed by atoms with van der Waals surface area (Å²) in [6.45, 7) is 0. The highest BCUT2D eigenvalue weighted by molar-refractivity contribution is 7.55. The van der Waals surface area contributed by atoms with Gasteiger partial charge >= 0.3 is 7.60 Å². The summed E-state index contributed by atoms with van der Waals surface area (Å²) in [5.41, 5.74) is 0.554. The van der Waals surface area contributed by atoms with E-state index in [1.54, 1.807) is 18.3 Å². The fourth-order valence-electron chi connectivity index (χ4n) is 0.886. The molecule has 78 valence electrons. The highest BCUT2D eigenvalue weighted by Gasteiger charge is 2.09. The summed E-state index contributed by atoms with van der Waals surface area (Å²) in [4.78, 5) is 16.5.